The SMILES string of the molecule is CCN(/C=C/[C@@H](C)COC(C)(C)C)CC. The van der Waals surface area contributed by atoms with Gasteiger partial charge in [-0.25, -0.2) is 0 Å². The molecule has 90 valence electrons. The fourth-order valence-electron chi connectivity index (χ4n) is 1.14. The van der Waals surface area contributed by atoms with Gasteiger partial charge in [0, 0.05) is 13.1 Å². The van der Waals surface area contributed by atoms with Gasteiger partial charge < -0.3 is 9.64 Å². The molecule has 0 amide bonds. The number of nitrogens with zero attached hydrogens (tertiary/aromatic N) is 1. The van der Waals surface area contributed by atoms with Gasteiger partial charge >= 0.3 is 0 Å². The van der Waals surface area contributed by atoms with Crippen LogP contribution in [0.15, 0.2) is 12.3 Å². The van der Waals surface area contributed by atoms with Gasteiger partial charge in [0.15, 0.2) is 0 Å². The molecule has 15 heavy (non-hydrogen) atoms. The minimum absolute atomic E-state index is 0.0305. The van der Waals surface area contributed by atoms with Crippen molar-refractivity contribution in [2.75, 3.05) is 19.7 Å². The third-order valence-corrected chi connectivity index (χ3v) is 2.22. The molecule has 0 aromatic heterocycles. The van der Waals surface area contributed by atoms with Crippen LogP contribution in [0.2, 0.25) is 0 Å². The molecule has 0 saturated heterocycles. The van der Waals surface area contributed by atoms with Gasteiger partial charge in [0.05, 0.1) is 12.2 Å². The van der Waals surface area contributed by atoms with Gasteiger partial charge in [-0.3, -0.25) is 0 Å². The van der Waals surface area contributed by atoms with Gasteiger partial charge in [0.25, 0.3) is 0 Å². The van der Waals surface area contributed by atoms with E-state index in [1.54, 1.807) is 0 Å². The summed E-state index contributed by atoms with van der Waals surface area (Å²) in [6, 6.07) is 0. The fourth-order valence-corrected chi connectivity index (χ4v) is 1.14. The quantitative estimate of drug-likeness (QED) is 0.671. The normalized spacial score (nSPS) is 14.5. The van der Waals surface area contributed by atoms with Crippen molar-refractivity contribution in [2.45, 2.75) is 47.1 Å². The summed E-state index contributed by atoms with van der Waals surface area (Å²) in [5.41, 5.74) is -0.0305. The third-order valence-electron chi connectivity index (χ3n) is 2.22. The highest BCUT2D eigenvalue weighted by Crippen LogP contribution is 2.10. The van der Waals surface area contributed by atoms with Crippen molar-refractivity contribution >= 4 is 0 Å². The highest BCUT2D eigenvalue weighted by Gasteiger charge is 2.11. The van der Waals surface area contributed by atoms with Crippen LogP contribution in [-0.4, -0.2) is 30.2 Å². The smallest absolute Gasteiger partial charge is 0.0598 e. The molecule has 0 aliphatic carbocycles. The van der Waals surface area contributed by atoms with Crippen molar-refractivity contribution in [3.05, 3.63) is 12.3 Å². The van der Waals surface area contributed by atoms with E-state index >= 15 is 0 Å². The first-order chi connectivity index (χ1) is 6.89. The Morgan fingerprint density at radius 3 is 2.13 bits per heavy atom. The molecule has 0 aliphatic heterocycles. The van der Waals surface area contributed by atoms with E-state index < -0.39 is 0 Å². The third kappa shape index (κ3) is 8.49. The lowest BCUT2D eigenvalue weighted by atomic mass is 10.1. The first-order valence-electron chi connectivity index (χ1n) is 5.95. The molecule has 0 fully saturated rings. The summed E-state index contributed by atoms with van der Waals surface area (Å²) in [5, 5.41) is 0. The maximum absolute atomic E-state index is 5.72. The molecule has 0 aromatic rings. The Labute approximate surface area is 95.3 Å². The molecule has 0 saturated carbocycles. The summed E-state index contributed by atoms with van der Waals surface area (Å²) >= 11 is 0. The molecule has 0 spiro atoms. The van der Waals surface area contributed by atoms with Crippen molar-refractivity contribution in [3.63, 3.8) is 0 Å². The predicted molar refractivity (Wildman–Crippen MR) is 66.9 cm³/mol. The summed E-state index contributed by atoms with van der Waals surface area (Å²) < 4.78 is 5.72. The Hall–Kier alpha value is -0.500. The lowest BCUT2D eigenvalue weighted by Gasteiger charge is -2.22. The van der Waals surface area contributed by atoms with Crippen LogP contribution in [0.25, 0.3) is 0 Å². The zero-order valence-electron chi connectivity index (χ0n) is 11.2. The minimum Gasteiger partial charge on any atom is -0.378 e. The van der Waals surface area contributed by atoms with Crippen LogP contribution < -0.4 is 0 Å². The van der Waals surface area contributed by atoms with E-state index in [9.17, 15) is 0 Å². The molecule has 0 N–H and O–H groups in total. The summed E-state index contributed by atoms with van der Waals surface area (Å²) in [6.07, 6.45) is 4.40. The standard InChI is InChI=1S/C13H27NO/c1-7-14(8-2)10-9-12(3)11-15-13(4,5)6/h9-10,12H,7-8,11H2,1-6H3/b10-9+/t12-/m1/s1. The van der Waals surface area contributed by atoms with Crippen LogP contribution in [0.4, 0.5) is 0 Å². The second-order valence-electron chi connectivity index (χ2n) is 4.96. The maximum Gasteiger partial charge on any atom is 0.0598 e. The summed E-state index contributed by atoms with van der Waals surface area (Å²) in [6.45, 7) is 15.7. The van der Waals surface area contributed by atoms with Gasteiger partial charge in [-0.15, -0.1) is 0 Å². The van der Waals surface area contributed by atoms with E-state index in [0.29, 0.717) is 5.92 Å². The second kappa shape index (κ2) is 6.89. The minimum atomic E-state index is -0.0305. The average molecular weight is 213 g/mol. The predicted octanol–water partition coefficient (Wildman–Crippen LogP) is 3.29. The summed E-state index contributed by atoms with van der Waals surface area (Å²) in [7, 11) is 0. The number of hydrogen-bond acceptors (Lipinski definition) is 2. The zero-order valence-corrected chi connectivity index (χ0v) is 11.2. The van der Waals surface area contributed by atoms with E-state index in [0.717, 1.165) is 19.7 Å². The van der Waals surface area contributed by atoms with E-state index in [4.69, 9.17) is 4.74 Å². The molecule has 0 rings (SSSR count). The molecule has 0 radical (unpaired) electrons. The zero-order chi connectivity index (χ0) is 11.9. The van der Waals surface area contributed by atoms with Crippen molar-refractivity contribution < 1.29 is 4.74 Å². The van der Waals surface area contributed by atoms with E-state index in [1.165, 1.54) is 0 Å². The van der Waals surface area contributed by atoms with E-state index in [1.807, 2.05) is 0 Å². The fraction of sp³-hybridized carbons (Fsp3) is 0.846. The number of hydrogen-bond donors (Lipinski definition) is 0. The lowest BCUT2D eigenvalue weighted by Crippen LogP contribution is -2.22. The first kappa shape index (κ1) is 14.5. The largest absolute Gasteiger partial charge is 0.378 e. The van der Waals surface area contributed by atoms with E-state index in [2.05, 4.69) is 58.7 Å². The van der Waals surface area contributed by atoms with Gasteiger partial charge in [-0.05, 0) is 46.7 Å². The molecule has 1 atom stereocenters. The van der Waals surface area contributed by atoms with Crippen molar-refractivity contribution in [3.8, 4) is 0 Å². The average Bonchev–Trinajstić information content (AvgIpc) is 2.15. The van der Waals surface area contributed by atoms with Crippen LogP contribution in [0, 0.1) is 5.92 Å². The highest BCUT2D eigenvalue weighted by atomic mass is 16.5. The van der Waals surface area contributed by atoms with Crippen LogP contribution in [0.5, 0.6) is 0 Å². The Balaban J connectivity index is 3.87. The van der Waals surface area contributed by atoms with Gasteiger partial charge in [0.1, 0.15) is 0 Å². The van der Waals surface area contributed by atoms with Crippen LogP contribution in [0.1, 0.15) is 41.5 Å². The second-order valence-corrected chi connectivity index (χ2v) is 4.96. The topological polar surface area (TPSA) is 12.5 Å². The summed E-state index contributed by atoms with van der Waals surface area (Å²) in [4.78, 5) is 2.29. The number of ether oxygens (including phenoxy) is 1. The molecule has 0 bridgehead atoms. The Kier molecular flexibility index (Phi) is 6.66. The van der Waals surface area contributed by atoms with Gasteiger partial charge in [0.2, 0.25) is 0 Å². The highest BCUT2D eigenvalue weighted by molar-refractivity contribution is 4.86. The molecular weight excluding hydrogens is 186 g/mol. The first-order valence-corrected chi connectivity index (χ1v) is 5.95. The molecule has 0 aromatic carbocycles. The van der Waals surface area contributed by atoms with Crippen molar-refractivity contribution in [1.82, 2.24) is 4.90 Å². The Bertz CT molecular complexity index is 177. The maximum atomic E-state index is 5.72. The van der Waals surface area contributed by atoms with Gasteiger partial charge in [-0.2, -0.15) is 0 Å². The van der Waals surface area contributed by atoms with Crippen molar-refractivity contribution in [2.24, 2.45) is 5.92 Å². The van der Waals surface area contributed by atoms with Crippen molar-refractivity contribution in [1.29, 1.82) is 0 Å². The lowest BCUT2D eigenvalue weighted by molar-refractivity contribution is -0.0130. The van der Waals surface area contributed by atoms with Crippen LogP contribution in [-0.2, 0) is 4.74 Å². The van der Waals surface area contributed by atoms with E-state index in [-0.39, 0.29) is 5.60 Å². The Morgan fingerprint density at radius 2 is 1.73 bits per heavy atom. The molecule has 2 heteroatoms. The molecule has 2 nitrogen and oxygen atoms in total. The number of rotatable bonds is 6. The monoisotopic (exact) mass is 213 g/mol. The van der Waals surface area contributed by atoms with Crippen LogP contribution in [0.3, 0.4) is 0 Å². The van der Waals surface area contributed by atoms with Gasteiger partial charge in [-0.1, -0.05) is 13.0 Å². The molecule has 0 heterocycles. The molecular formula is C13H27NO. The molecule has 0 aliphatic rings. The molecule has 0 unspecified atom stereocenters. The summed E-state index contributed by atoms with van der Waals surface area (Å²) in [5.74, 6) is 0.477. The van der Waals surface area contributed by atoms with Crippen LogP contribution >= 0.6 is 0 Å². The Morgan fingerprint density at radius 1 is 1.20 bits per heavy atom.